The fraction of sp³-hybridized carbons (Fsp3) is 0.429. The van der Waals surface area contributed by atoms with E-state index in [-0.39, 0.29) is 17.9 Å². The zero-order chi connectivity index (χ0) is 13.1. The SMILES string of the molecule is CCOC(=O)[C@@H]1C(=O)N[C@H](C)[C@H]1c1ccccc1. The van der Waals surface area contributed by atoms with Gasteiger partial charge in [-0.15, -0.1) is 0 Å². The lowest BCUT2D eigenvalue weighted by atomic mass is 9.84. The summed E-state index contributed by atoms with van der Waals surface area (Å²) < 4.78 is 5.00. The lowest BCUT2D eigenvalue weighted by Gasteiger charge is -2.19. The normalized spacial score (nSPS) is 26.8. The highest BCUT2D eigenvalue weighted by Gasteiger charge is 2.46. The highest BCUT2D eigenvalue weighted by molar-refractivity contribution is 6.01. The van der Waals surface area contributed by atoms with Crippen molar-refractivity contribution >= 4 is 11.9 Å². The molecule has 3 atom stereocenters. The summed E-state index contributed by atoms with van der Waals surface area (Å²) >= 11 is 0. The molecular weight excluding hydrogens is 230 g/mol. The van der Waals surface area contributed by atoms with E-state index in [1.807, 2.05) is 37.3 Å². The minimum atomic E-state index is -0.734. The molecule has 0 unspecified atom stereocenters. The average molecular weight is 247 g/mol. The molecule has 0 bridgehead atoms. The maximum Gasteiger partial charge on any atom is 0.319 e. The Kier molecular flexibility index (Phi) is 3.65. The molecule has 96 valence electrons. The molecule has 0 radical (unpaired) electrons. The van der Waals surface area contributed by atoms with Crippen LogP contribution in [0.2, 0.25) is 0 Å². The maximum absolute atomic E-state index is 11.9. The molecule has 1 N–H and O–H groups in total. The van der Waals surface area contributed by atoms with Crippen LogP contribution in [-0.4, -0.2) is 24.5 Å². The number of ether oxygens (including phenoxy) is 1. The van der Waals surface area contributed by atoms with E-state index < -0.39 is 11.9 Å². The molecular formula is C14H17NO3. The molecule has 1 aromatic carbocycles. The van der Waals surface area contributed by atoms with Gasteiger partial charge in [0.2, 0.25) is 5.91 Å². The fourth-order valence-corrected chi connectivity index (χ4v) is 2.50. The van der Waals surface area contributed by atoms with Crippen LogP contribution in [0.5, 0.6) is 0 Å². The molecule has 2 rings (SSSR count). The van der Waals surface area contributed by atoms with Gasteiger partial charge >= 0.3 is 5.97 Å². The van der Waals surface area contributed by atoms with Crippen molar-refractivity contribution in [2.75, 3.05) is 6.61 Å². The number of hydrogen-bond donors (Lipinski definition) is 1. The Bertz CT molecular complexity index is 444. The number of esters is 1. The van der Waals surface area contributed by atoms with Gasteiger partial charge in [-0.25, -0.2) is 0 Å². The molecule has 1 heterocycles. The molecule has 0 spiro atoms. The fourth-order valence-electron chi connectivity index (χ4n) is 2.50. The Hall–Kier alpha value is -1.84. The van der Waals surface area contributed by atoms with Crippen molar-refractivity contribution in [1.29, 1.82) is 0 Å². The second-order valence-electron chi connectivity index (χ2n) is 4.46. The molecule has 1 aromatic rings. The van der Waals surface area contributed by atoms with Crippen LogP contribution in [0.4, 0.5) is 0 Å². The molecule has 4 nitrogen and oxygen atoms in total. The van der Waals surface area contributed by atoms with Gasteiger partial charge in [-0.05, 0) is 19.4 Å². The second kappa shape index (κ2) is 5.21. The van der Waals surface area contributed by atoms with Gasteiger partial charge in [0.15, 0.2) is 0 Å². The second-order valence-corrected chi connectivity index (χ2v) is 4.46. The van der Waals surface area contributed by atoms with Crippen LogP contribution in [0.15, 0.2) is 30.3 Å². The summed E-state index contributed by atoms with van der Waals surface area (Å²) in [5, 5.41) is 2.81. The Labute approximate surface area is 106 Å². The minimum Gasteiger partial charge on any atom is -0.465 e. The van der Waals surface area contributed by atoms with Gasteiger partial charge in [-0.2, -0.15) is 0 Å². The van der Waals surface area contributed by atoms with E-state index >= 15 is 0 Å². The van der Waals surface area contributed by atoms with Crippen LogP contribution in [0.1, 0.15) is 25.3 Å². The predicted molar refractivity (Wildman–Crippen MR) is 66.9 cm³/mol. The van der Waals surface area contributed by atoms with E-state index in [2.05, 4.69) is 5.32 Å². The largest absolute Gasteiger partial charge is 0.465 e. The van der Waals surface area contributed by atoms with E-state index in [0.29, 0.717) is 6.61 Å². The third-order valence-electron chi connectivity index (χ3n) is 3.28. The lowest BCUT2D eigenvalue weighted by molar-refractivity contribution is -0.151. The molecule has 1 amide bonds. The Morgan fingerprint density at radius 1 is 1.33 bits per heavy atom. The van der Waals surface area contributed by atoms with Crippen molar-refractivity contribution in [2.45, 2.75) is 25.8 Å². The quantitative estimate of drug-likeness (QED) is 0.650. The number of nitrogens with one attached hydrogen (secondary N) is 1. The summed E-state index contributed by atoms with van der Waals surface area (Å²) in [6.07, 6.45) is 0. The van der Waals surface area contributed by atoms with Gasteiger partial charge in [0, 0.05) is 12.0 Å². The number of amides is 1. The maximum atomic E-state index is 11.9. The molecule has 1 fully saturated rings. The number of carbonyl (C=O) groups is 2. The summed E-state index contributed by atoms with van der Waals surface area (Å²) in [6, 6.07) is 9.55. The zero-order valence-corrected chi connectivity index (χ0v) is 10.6. The van der Waals surface area contributed by atoms with Crippen molar-refractivity contribution < 1.29 is 14.3 Å². The topological polar surface area (TPSA) is 55.4 Å². The smallest absolute Gasteiger partial charge is 0.319 e. The first kappa shape index (κ1) is 12.6. The summed E-state index contributed by atoms with van der Waals surface area (Å²) in [5.41, 5.74) is 0.987. The van der Waals surface area contributed by atoms with Gasteiger partial charge in [0.05, 0.1) is 6.61 Å². The summed E-state index contributed by atoms with van der Waals surface area (Å²) in [5.74, 6) is -1.57. The standard InChI is InChI=1S/C14H17NO3/c1-3-18-14(17)12-11(9(2)15-13(12)16)10-7-5-4-6-8-10/h4-9,11-12H,3H2,1-2H3,(H,15,16)/t9-,11+,12+/m1/s1. The Balaban J connectivity index is 2.31. The summed E-state index contributed by atoms with van der Waals surface area (Å²) in [6.45, 7) is 3.94. The molecule has 0 aromatic heterocycles. The van der Waals surface area contributed by atoms with Gasteiger partial charge in [0.25, 0.3) is 0 Å². The number of rotatable bonds is 3. The number of carbonyl (C=O) groups excluding carboxylic acids is 2. The van der Waals surface area contributed by atoms with Gasteiger partial charge in [-0.3, -0.25) is 9.59 Å². The van der Waals surface area contributed by atoms with Crippen LogP contribution < -0.4 is 5.32 Å². The van der Waals surface area contributed by atoms with Crippen molar-refractivity contribution in [3.8, 4) is 0 Å². The van der Waals surface area contributed by atoms with Crippen LogP contribution in [0, 0.1) is 5.92 Å². The van der Waals surface area contributed by atoms with Crippen LogP contribution in [0.25, 0.3) is 0 Å². The third kappa shape index (κ3) is 2.23. The van der Waals surface area contributed by atoms with Crippen molar-refractivity contribution in [2.24, 2.45) is 5.92 Å². The molecule has 1 aliphatic rings. The first-order valence-corrected chi connectivity index (χ1v) is 6.17. The molecule has 1 aliphatic heterocycles. The van der Waals surface area contributed by atoms with E-state index in [0.717, 1.165) is 5.56 Å². The molecule has 4 heteroatoms. The summed E-state index contributed by atoms with van der Waals surface area (Å²) in [7, 11) is 0. The van der Waals surface area contributed by atoms with Crippen LogP contribution in [0.3, 0.4) is 0 Å². The predicted octanol–water partition coefficient (Wildman–Crippen LogP) is 1.47. The highest BCUT2D eigenvalue weighted by atomic mass is 16.5. The molecule has 0 saturated carbocycles. The number of benzene rings is 1. The average Bonchev–Trinajstić information content (AvgIpc) is 2.65. The monoisotopic (exact) mass is 247 g/mol. The molecule has 0 aliphatic carbocycles. The van der Waals surface area contributed by atoms with E-state index in [1.54, 1.807) is 6.92 Å². The Morgan fingerprint density at radius 3 is 2.61 bits per heavy atom. The first-order valence-electron chi connectivity index (χ1n) is 6.17. The first-order chi connectivity index (χ1) is 8.65. The van der Waals surface area contributed by atoms with Crippen LogP contribution >= 0.6 is 0 Å². The van der Waals surface area contributed by atoms with Crippen molar-refractivity contribution in [3.63, 3.8) is 0 Å². The zero-order valence-electron chi connectivity index (χ0n) is 10.6. The van der Waals surface area contributed by atoms with Crippen molar-refractivity contribution in [3.05, 3.63) is 35.9 Å². The Morgan fingerprint density at radius 2 is 2.00 bits per heavy atom. The molecule has 18 heavy (non-hydrogen) atoms. The van der Waals surface area contributed by atoms with E-state index in [4.69, 9.17) is 4.74 Å². The van der Waals surface area contributed by atoms with Crippen molar-refractivity contribution in [1.82, 2.24) is 5.32 Å². The minimum absolute atomic E-state index is 0.0608. The van der Waals surface area contributed by atoms with Crippen LogP contribution in [-0.2, 0) is 14.3 Å². The molecule has 1 saturated heterocycles. The van der Waals surface area contributed by atoms with E-state index in [1.165, 1.54) is 0 Å². The van der Waals surface area contributed by atoms with Gasteiger partial charge in [0.1, 0.15) is 5.92 Å². The summed E-state index contributed by atoms with van der Waals surface area (Å²) in [4.78, 5) is 23.8. The lowest BCUT2D eigenvalue weighted by Crippen LogP contribution is -2.28. The third-order valence-corrected chi connectivity index (χ3v) is 3.28. The van der Waals surface area contributed by atoms with E-state index in [9.17, 15) is 9.59 Å². The van der Waals surface area contributed by atoms with Gasteiger partial charge < -0.3 is 10.1 Å². The number of hydrogen-bond acceptors (Lipinski definition) is 3. The highest BCUT2D eigenvalue weighted by Crippen LogP contribution is 2.34. The van der Waals surface area contributed by atoms with Gasteiger partial charge in [-0.1, -0.05) is 30.3 Å².